The highest BCUT2D eigenvalue weighted by Gasteiger charge is 2.37. The maximum Gasteiger partial charge on any atom is 0.191 e. The summed E-state index contributed by atoms with van der Waals surface area (Å²) in [5.41, 5.74) is 0. The van der Waals surface area contributed by atoms with Crippen molar-refractivity contribution in [1.29, 1.82) is 0 Å². The van der Waals surface area contributed by atoms with E-state index in [1.807, 2.05) is 6.92 Å². The molecule has 92 valence electrons. The molecular weight excluding hydrogens is 204 g/mol. The van der Waals surface area contributed by atoms with E-state index in [1.54, 1.807) is 0 Å². The van der Waals surface area contributed by atoms with Gasteiger partial charge in [-0.15, -0.1) is 0 Å². The molecule has 0 rings (SSSR count). The second kappa shape index (κ2) is 5.46. The average molecular weight is 232 g/mol. The minimum Gasteiger partial charge on any atom is -0.416 e. The van der Waals surface area contributed by atoms with Gasteiger partial charge in [0.05, 0.1) is 6.10 Å². The first-order valence-corrected chi connectivity index (χ1v) is 8.84. The summed E-state index contributed by atoms with van der Waals surface area (Å²) in [6.07, 6.45) is 0.581. The molecule has 0 heterocycles. The first kappa shape index (κ1) is 15.1. The summed E-state index contributed by atoms with van der Waals surface area (Å²) in [7, 11) is -1.64. The molecule has 3 heteroatoms. The lowest BCUT2D eigenvalue weighted by Gasteiger charge is -2.37. The number of hydrogen-bond donors (Lipinski definition) is 1. The lowest BCUT2D eigenvalue weighted by atomic mass is 10.0. The molecule has 0 aromatic heterocycles. The normalized spacial score (nSPS) is 17.6. The number of rotatable bonds is 5. The zero-order valence-electron chi connectivity index (χ0n) is 11.4. The summed E-state index contributed by atoms with van der Waals surface area (Å²) >= 11 is 0. The molecule has 1 N–H and O–H groups in total. The van der Waals surface area contributed by atoms with Crippen molar-refractivity contribution in [3.05, 3.63) is 0 Å². The smallest absolute Gasteiger partial charge is 0.191 e. The maximum atomic E-state index is 9.66. The Morgan fingerprint density at radius 2 is 1.73 bits per heavy atom. The zero-order valence-corrected chi connectivity index (χ0v) is 12.4. The Labute approximate surface area is 96.2 Å². The molecule has 0 saturated heterocycles. The van der Waals surface area contributed by atoms with Gasteiger partial charge in [0.1, 0.15) is 0 Å². The molecule has 2 atom stereocenters. The number of hydrogen-bond acceptors (Lipinski definition) is 2. The molecule has 0 spiro atoms. The van der Waals surface area contributed by atoms with E-state index in [9.17, 15) is 5.11 Å². The van der Waals surface area contributed by atoms with Gasteiger partial charge in [-0.1, -0.05) is 34.6 Å². The standard InChI is InChI=1S/C12H28O2Si/c1-8-11(13)10(2)9-14-15(6,7)12(3,4)5/h10-11,13H,8-9H2,1-7H3/t10-,11+/m1/s1. The largest absolute Gasteiger partial charge is 0.416 e. The molecular formula is C12H28O2Si. The fourth-order valence-electron chi connectivity index (χ4n) is 1.07. The van der Waals surface area contributed by atoms with E-state index in [1.165, 1.54) is 0 Å². The van der Waals surface area contributed by atoms with Crippen LogP contribution in [0.5, 0.6) is 0 Å². The van der Waals surface area contributed by atoms with E-state index in [2.05, 4.69) is 40.8 Å². The molecule has 0 saturated carbocycles. The Bertz CT molecular complexity index is 185. The molecule has 0 radical (unpaired) electrons. The van der Waals surface area contributed by atoms with E-state index >= 15 is 0 Å². The summed E-state index contributed by atoms with van der Waals surface area (Å²) in [5.74, 6) is 0.240. The highest BCUT2D eigenvalue weighted by Crippen LogP contribution is 2.36. The second-order valence-corrected chi connectivity index (χ2v) is 10.8. The summed E-state index contributed by atoms with van der Waals surface area (Å²) in [6, 6.07) is 0. The third-order valence-electron chi connectivity index (χ3n) is 3.59. The van der Waals surface area contributed by atoms with E-state index in [-0.39, 0.29) is 17.1 Å². The summed E-state index contributed by atoms with van der Waals surface area (Å²) in [4.78, 5) is 0. The van der Waals surface area contributed by atoms with Crippen LogP contribution in [-0.4, -0.2) is 26.1 Å². The van der Waals surface area contributed by atoms with Gasteiger partial charge in [-0.25, -0.2) is 0 Å². The molecule has 0 fully saturated rings. The Kier molecular flexibility index (Phi) is 5.51. The quantitative estimate of drug-likeness (QED) is 0.736. The van der Waals surface area contributed by atoms with Crippen LogP contribution in [0.2, 0.25) is 18.1 Å². The predicted octanol–water partition coefficient (Wildman–Crippen LogP) is 3.42. The molecule has 0 amide bonds. The molecule has 2 nitrogen and oxygen atoms in total. The van der Waals surface area contributed by atoms with E-state index in [0.29, 0.717) is 6.61 Å². The monoisotopic (exact) mass is 232 g/mol. The van der Waals surface area contributed by atoms with Crippen LogP contribution in [0.15, 0.2) is 0 Å². The van der Waals surface area contributed by atoms with Crippen molar-refractivity contribution in [2.45, 2.75) is 65.3 Å². The topological polar surface area (TPSA) is 29.5 Å². The van der Waals surface area contributed by atoms with Crippen LogP contribution in [0, 0.1) is 5.92 Å². The maximum absolute atomic E-state index is 9.66. The van der Waals surface area contributed by atoms with Crippen LogP contribution in [-0.2, 0) is 4.43 Å². The molecule has 0 aliphatic carbocycles. The van der Waals surface area contributed by atoms with Gasteiger partial charge in [-0.2, -0.15) is 0 Å². The molecule has 0 bridgehead atoms. The summed E-state index contributed by atoms with van der Waals surface area (Å²) < 4.78 is 6.06. The zero-order chi connectivity index (χ0) is 12.3. The Hall–Kier alpha value is 0.137. The summed E-state index contributed by atoms with van der Waals surface area (Å²) in [5, 5.41) is 9.92. The van der Waals surface area contributed by atoms with Gasteiger partial charge in [-0.3, -0.25) is 0 Å². The molecule has 0 unspecified atom stereocenters. The van der Waals surface area contributed by atoms with Crippen molar-refractivity contribution in [1.82, 2.24) is 0 Å². The van der Waals surface area contributed by atoms with Gasteiger partial charge in [0, 0.05) is 12.5 Å². The van der Waals surface area contributed by atoms with Crippen molar-refractivity contribution in [3.8, 4) is 0 Å². The van der Waals surface area contributed by atoms with Crippen LogP contribution in [0.3, 0.4) is 0 Å². The third-order valence-corrected chi connectivity index (χ3v) is 8.09. The Balaban J connectivity index is 4.16. The molecule has 0 aromatic carbocycles. The first-order chi connectivity index (χ1) is 6.62. The van der Waals surface area contributed by atoms with Crippen LogP contribution >= 0.6 is 0 Å². The van der Waals surface area contributed by atoms with Crippen LogP contribution in [0.25, 0.3) is 0 Å². The lowest BCUT2D eigenvalue weighted by molar-refractivity contribution is 0.0773. The first-order valence-electron chi connectivity index (χ1n) is 5.94. The van der Waals surface area contributed by atoms with E-state index in [0.717, 1.165) is 6.42 Å². The van der Waals surface area contributed by atoms with Gasteiger partial charge >= 0.3 is 0 Å². The van der Waals surface area contributed by atoms with E-state index in [4.69, 9.17) is 4.43 Å². The SMILES string of the molecule is CC[C@H](O)[C@H](C)CO[Si](C)(C)C(C)(C)C. The molecule has 15 heavy (non-hydrogen) atoms. The van der Waals surface area contributed by atoms with Crippen molar-refractivity contribution in [3.63, 3.8) is 0 Å². The highest BCUT2D eigenvalue weighted by atomic mass is 28.4. The van der Waals surface area contributed by atoms with Crippen molar-refractivity contribution < 1.29 is 9.53 Å². The highest BCUT2D eigenvalue weighted by molar-refractivity contribution is 6.74. The fraction of sp³-hybridized carbons (Fsp3) is 1.00. The van der Waals surface area contributed by atoms with E-state index < -0.39 is 8.32 Å². The van der Waals surface area contributed by atoms with Crippen molar-refractivity contribution in [2.75, 3.05) is 6.61 Å². The van der Waals surface area contributed by atoms with Crippen molar-refractivity contribution in [2.24, 2.45) is 5.92 Å². The van der Waals surface area contributed by atoms with Gasteiger partial charge in [0.15, 0.2) is 8.32 Å². The van der Waals surface area contributed by atoms with Crippen LogP contribution < -0.4 is 0 Å². The predicted molar refractivity (Wildman–Crippen MR) is 68.6 cm³/mol. The van der Waals surface area contributed by atoms with Gasteiger partial charge < -0.3 is 9.53 Å². The third kappa shape index (κ3) is 4.66. The van der Waals surface area contributed by atoms with Crippen LogP contribution in [0.1, 0.15) is 41.0 Å². The number of aliphatic hydroxyl groups excluding tert-OH is 1. The van der Waals surface area contributed by atoms with Gasteiger partial charge in [-0.05, 0) is 24.6 Å². The Morgan fingerprint density at radius 3 is 2.07 bits per heavy atom. The van der Waals surface area contributed by atoms with Crippen molar-refractivity contribution >= 4 is 8.32 Å². The molecule has 0 aromatic rings. The second-order valence-electron chi connectivity index (χ2n) is 6.02. The van der Waals surface area contributed by atoms with Gasteiger partial charge in [0.2, 0.25) is 0 Å². The molecule has 0 aliphatic rings. The van der Waals surface area contributed by atoms with Crippen LogP contribution in [0.4, 0.5) is 0 Å². The molecule has 0 aliphatic heterocycles. The summed E-state index contributed by atoms with van der Waals surface area (Å²) in [6.45, 7) is 16.0. The number of aliphatic hydroxyl groups is 1. The fourth-order valence-corrected chi connectivity index (χ4v) is 2.18. The Morgan fingerprint density at radius 1 is 1.27 bits per heavy atom. The lowest BCUT2D eigenvalue weighted by Crippen LogP contribution is -2.42. The average Bonchev–Trinajstić information content (AvgIpc) is 2.11. The van der Waals surface area contributed by atoms with Gasteiger partial charge in [0.25, 0.3) is 0 Å². The minimum absolute atomic E-state index is 0.227. The minimum atomic E-state index is -1.64.